The summed E-state index contributed by atoms with van der Waals surface area (Å²) < 4.78 is 0. The van der Waals surface area contributed by atoms with E-state index in [1.165, 1.54) is 5.56 Å². The van der Waals surface area contributed by atoms with Gasteiger partial charge in [0.05, 0.1) is 23.4 Å². The zero-order valence-corrected chi connectivity index (χ0v) is 33.8. The van der Waals surface area contributed by atoms with Crippen molar-refractivity contribution in [2.45, 2.75) is 75.4 Å². The van der Waals surface area contributed by atoms with Crippen molar-refractivity contribution in [3.63, 3.8) is 0 Å². The first-order valence-corrected chi connectivity index (χ1v) is 21.2. The molecule has 0 bridgehead atoms. The van der Waals surface area contributed by atoms with Gasteiger partial charge in [-0.25, -0.2) is 14.8 Å². The van der Waals surface area contributed by atoms with E-state index in [2.05, 4.69) is 42.5 Å². The quantitative estimate of drug-likeness (QED) is 0.254. The first-order valence-electron chi connectivity index (χ1n) is 21.2. The summed E-state index contributed by atoms with van der Waals surface area (Å²) in [5.74, 6) is -1.31. The number of nitrogens with zero attached hydrogens (tertiary/aromatic N) is 8. The smallest absolute Gasteiger partial charge is 0.320 e. The van der Waals surface area contributed by atoms with Crippen molar-refractivity contribution >= 4 is 58.6 Å². The number of benzene rings is 2. The molecule has 3 aromatic rings. The topological polar surface area (TPSA) is 198 Å². The van der Waals surface area contributed by atoms with Gasteiger partial charge in [-0.05, 0) is 99.8 Å². The molecule has 17 nitrogen and oxygen atoms in total. The lowest BCUT2D eigenvalue weighted by Gasteiger charge is -2.37. The van der Waals surface area contributed by atoms with Crippen LogP contribution in [0.1, 0.15) is 94.1 Å². The summed E-state index contributed by atoms with van der Waals surface area (Å²) in [5.41, 5.74) is 9.31. The van der Waals surface area contributed by atoms with E-state index in [0.717, 1.165) is 94.1 Å². The van der Waals surface area contributed by atoms with Crippen LogP contribution in [0.25, 0.3) is 0 Å². The second-order valence-corrected chi connectivity index (χ2v) is 16.9. The molecule has 1 aromatic heterocycles. The van der Waals surface area contributed by atoms with Gasteiger partial charge in [0, 0.05) is 70.2 Å². The van der Waals surface area contributed by atoms with Crippen molar-refractivity contribution in [1.82, 2.24) is 34.9 Å². The fraction of sp³-hybridized carbons (Fsp3) is 0.488. The van der Waals surface area contributed by atoms with E-state index in [4.69, 9.17) is 10.7 Å². The van der Waals surface area contributed by atoms with Gasteiger partial charge in [-0.15, -0.1) is 0 Å². The maximum Gasteiger partial charge on any atom is 0.320 e. The lowest BCUT2D eigenvalue weighted by molar-refractivity contribution is -0.136. The number of piperidine rings is 3. The van der Waals surface area contributed by atoms with Gasteiger partial charge in [0.15, 0.2) is 11.5 Å². The van der Waals surface area contributed by atoms with Crippen LogP contribution < -0.4 is 26.2 Å². The number of urea groups is 1. The Labute approximate surface area is 348 Å². The molecule has 0 radical (unpaired) electrons. The van der Waals surface area contributed by atoms with Crippen LogP contribution in [0.4, 0.5) is 27.8 Å². The average Bonchev–Trinajstić information content (AvgIpc) is 3.93. The Morgan fingerprint density at radius 1 is 0.850 bits per heavy atom. The number of fused-ring (bicyclic) bond motifs is 1. The summed E-state index contributed by atoms with van der Waals surface area (Å²) in [6.45, 7) is 6.52. The maximum atomic E-state index is 13.5. The summed E-state index contributed by atoms with van der Waals surface area (Å²) >= 11 is 0. The van der Waals surface area contributed by atoms with Crippen molar-refractivity contribution < 1.29 is 28.8 Å². The first kappa shape index (κ1) is 39.4. The van der Waals surface area contributed by atoms with Crippen LogP contribution in [0.2, 0.25) is 0 Å². The number of anilines is 4. The average molecular weight is 818 g/mol. The summed E-state index contributed by atoms with van der Waals surface area (Å²) in [6, 6.07) is 13.1. The van der Waals surface area contributed by atoms with Crippen molar-refractivity contribution in [3.05, 3.63) is 71.0 Å². The molecule has 6 aliphatic heterocycles. The zero-order valence-electron chi connectivity index (χ0n) is 33.8. The molecule has 5 fully saturated rings. The number of imide groups is 2. The van der Waals surface area contributed by atoms with E-state index in [-0.39, 0.29) is 36.7 Å². The van der Waals surface area contributed by atoms with Crippen molar-refractivity contribution in [1.29, 1.82) is 0 Å². The van der Waals surface area contributed by atoms with E-state index in [9.17, 15) is 28.8 Å². The number of hydrogen-bond donors (Lipinski definition) is 3. The van der Waals surface area contributed by atoms with Gasteiger partial charge < -0.3 is 35.6 Å². The largest absolute Gasteiger partial charge is 0.367 e. The van der Waals surface area contributed by atoms with E-state index in [1.807, 2.05) is 30.1 Å². The highest BCUT2D eigenvalue weighted by Gasteiger charge is 2.45. The monoisotopic (exact) mass is 817 g/mol. The molecule has 0 aliphatic carbocycles. The van der Waals surface area contributed by atoms with Crippen molar-refractivity contribution in [2.75, 3.05) is 74.5 Å². The third kappa shape index (κ3) is 7.50. The van der Waals surface area contributed by atoms with Crippen LogP contribution >= 0.6 is 0 Å². The second kappa shape index (κ2) is 16.2. The molecule has 0 spiro atoms. The molecule has 4 N–H and O–H groups in total. The number of carbonyl (C=O) groups is 6. The predicted octanol–water partition coefficient (Wildman–Crippen LogP) is 2.90. The Kier molecular flexibility index (Phi) is 10.6. The first-order chi connectivity index (χ1) is 29.0. The molecule has 7 amide bonds. The Morgan fingerprint density at radius 2 is 1.62 bits per heavy atom. The van der Waals surface area contributed by atoms with E-state index < -0.39 is 35.6 Å². The molecule has 0 saturated carbocycles. The van der Waals surface area contributed by atoms with E-state index in [1.54, 1.807) is 23.2 Å². The van der Waals surface area contributed by atoms with Crippen LogP contribution in [0, 0.1) is 0 Å². The summed E-state index contributed by atoms with van der Waals surface area (Å²) in [4.78, 5) is 96.9. The number of nitrogens with one attached hydrogen (secondary N) is 2. The number of hydrogen-bond acceptors (Lipinski definition) is 12. The highest BCUT2D eigenvalue weighted by molar-refractivity contribution is 6.23. The number of amides is 7. The Morgan fingerprint density at radius 3 is 2.35 bits per heavy atom. The van der Waals surface area contributed by atoms with Gasteiger partial charge in [-0.1, -0.05) is 12.1 Å². The predicted molar refractivity (Wildman–Crippen MR) is 222 cm³/mol. The molecule has 314 valence electrons. The van der Waals surface area contributed by atoms with Gasteiger partial charge in [0.1, 0.15) is 11.9 Å². The van der Waals surface area contributed by atoms with Crippen LogP contribution in [-0.2, 0) is 9.59 Å². The molecule has 9 rings (SSSR count). The number of nitrogens with two attached hydrogens (primary N) is 1. The summed E-state index contributed by atoms with van der Waals surface area (Å²) in [6.07, 6.45) is 7.74. The SMILES string of the molecule is CN1CCN([C@H]2CCCN(c3cnc(C(N)=O)c(Nc4ccc(C5CCN(CC6CCCN6c6ccc7c(c6)C(=O)N(C6CCC(=O)NC6=O)C7=O)CC5)cc4)n3)C2)C1=O. The second-order valence-electron chi connectivity index (χ2n) is 16.9. The number of primary amides is 1. The van der Waals surface area contributed by atoms with Gasteiger partial charge in [0.2, 0.25) is 11.8 Å². The van der Waals surface area contributed by atoms with E-state index >= 15 is 0 Å². The molecule has 2 aromatic carbocycles. The summed E-state index contributed by atoms with van der Waals surface area (Å²) in [7, 11) is 1.83. The highest BCUT2D eigenvalue weighted by atomic mass is 16.2. The standard InChI is InChI=1S/C43H51N11O6/c1-49-20-21-53(43(49)60)31-4-2-16-51(25-31)35-23-45-37(38(44)56)39(47-35)46-28-8-6-26(7-9-28)27-14-18-50(19-15-27)24-30-5-3-17-52(30)29-10-11-32-33(22-29)42(59)54(41(32)58)34-12-13-36(55)48-40(34)57/h6-11,22-23,27,30-31,34H,2-5,12-21,24-25H2,1H3,(H2,44,56)(H,46,47)(H,48,55,57)/t30?,31-,34?/m0/s1. The van der Waals surface area contributed by atoms with Gasteiger partial charge in [-0.3, -0.25) is 34.2 Å². The Bertz CT molecular complexity index is 2230. The van der Waals surface area contributed by atoms with Crippen molar-refractivity contribution in [3.8, 4) is 0 Å². The van der Waals surface area contributed by atoms with E-state index in [0.29, 0.717) is 41.8 Å². The Balaban J connectivity index is 0.801. The lowest BCUT2D eigenvalue weighted by Crippen LogP contribution is -2.54. The van der Waals surface area contributed by atoms with Gasteiger partial charge in [-0.2, -0.15) is 0 Å². The van der Waals surface area contributed by atoms with Crippen LogP contribution in [-0.4, -0.2) is 143 Å². The van der Waals surface area contributed by atoms with Gasteiger partial charge >= 0.3 is 6.03 Å². The minimum Gasteiger partial charge on any atom is -0.367 e. The number of rotatable bonds is 10. The number of likely N-dealkylation sites (tertiary alicyclic amines) is 1. The highest BCUT2D eigenvalue weighted by Crippen LogP contribution is 2.35. The zero-order chi connectivity index (χ0) is 41.7. The number of aromatic nitrogens is 2. The molecular weight excluding hydrogens is 767 g/mol. The minimum atomic E-state index is -0.984. The number of carbonyl (C=O) groups excluding carboxylic acids is 6. The maximum absolute atomic E-state index is 13.5. The van der Waals surface area contributed by atoms with Crippen molar-refractivity contribution in [2.24, 2.45) is 5.73 Å². The lowest BCUT2D eigenvalue weighted by atomic mass is 9.89. The third-order valence-electron chi connectivity index (χ3n) is 13.2. The molecule has 3 atom stereocenters. The normalized spacial score (nSPS) is 24.1. The van der Waals surface area contributed by atoms with Crippen LogP contribution in [0.3, 0.4) is 0 Å². The summed E-state index contributed by atoms with van der Waals surface area (Å²) in [5, 5.41) is 5.55. The number of likely N-dealkylation sites (N-methyl/N-ethyl adjacent to an activating group) is 1. The minimum absolute atomic E-state index is 0.0572. The molecule has 17 heteroatoms. The fourth-order valence-electron chi connectivity index (χ4n) is 9.95. The molecular formula is C43H51N11O6. The van der Waals surface area contributed by atoms with Crippen LogP contribution in [0.15, 0.2) is 48.7 Å². The fourth-order valence-corrected chi connectivity index (χ4v) is 9.95. The molecule has 60 heavy (non-hydrogen) atoms. The Hall–Kier alpha value is -6.10. The molecule has 2 unspecified atom stereocenters. The third-order valence-corrected chi connectivity index (χ3v) is 13.2. The molecule has 6 aliphatic rings. The van der Waals surface area contributed by atoms with Gasteiger partial charge in [0.25, 0.3) is 17.7 Å². The molecule has 5 saturated heterocycles. The molecule has 7 heterocycles. The van der Waals surface area contributed by atoms with Crippen LogP contribution in [0.5, 0.6) is 0 Å².